The van der Waals surface area contributed by atoms with Gasteiger partial charge < -0.3 is 0 Å². The van der Waals surface area contributed by atoms with Crippen molar-refractivity contribution in [2.75, 3.05) is 0 Å². The van der Waals surface area contributed by atoms with Gasteiger partial charge in [-0.3, -0.25) is 10.1 Å². The second-order valence-electron chi connectivity index (χ2n) is 5.49. The summed E-state index contributed by atoms with van der Waals surface area (Å²) < 4.78 is 27.9. The van der Waals surface area contributed by atoms with Crippen LogP contribution >= 0.6 is 0 Å². The molecule has 0 fully saturated rings. The van der Waals surface area contributed by atoms with Crippen LogP contribution in [0.25, 0.3) is 0 Å². The van der Waals surface area contributed by atoms with Crippen molar-refractivity contribution in [2.45, 2.75) is 30.2 Å². The number of sulfonamides is 1. The van der Waals surface area contributed by atoms with E-state index in [0.717, 1.165) is 24.0 Å². The van der Waals surface area contributed by atoms with Crippen LogP contribution in [0.5, 0.6) is 0 Å². The van der Waals surface area contributed by atoms with Gasteiger partial charge in [-0.15, -0.1) is 0 Å². The lowest BCUT2D eigenvalue weighted by Gasteiger charge is -2.26. The molecule has 1 unspecified atom stereocenters. The minimum Gasteiger partial charge on any atom is -0.258 e. The molecule has 0 saturated carbocycles. The summed E-state index contributed by atoms with van der Waals surface area (Å²) >= 11 is 0. The van der Waals surface area contributed by atoms with Gasteiger partial charge in [0.25, 0.3) is 5.69 Å². The third kappa shape index (κ3) is 3.11. The number of nitro groups is 1. The molecule has 1 N–H and O–H groups in total. The Balaban J connectivity index is 1.96. The molecule has 0 spiro atoms. The van der Waals surface area contributed by atoms with Crippen molar-refractivity contribution in [3.8, 4) is 0 Å². The number of hydrogen-bond donors (Lipinski definition) is 1. The van der Waals surface area contributed by atoms with Crippen molar-refractivity contribution in [3.05, 3.63) is 69.8 Å². The molecule has 0 aliphatic heterocycles. The Bertz CT molecular complexity index is 849. The molecule has 1 aliphatic carbocycles. The van der Waals surface area contributed by atoms with E-state index in [1.165, 1.54) is 24.3 Å². The van der Waals surface area contributed by atoms with E-state index in [0.29, 0.717) is 6.42 Å². The zero-order valence-electron chi connectivity index (χ0n) is 12.3. The molecule has 0 bridgehead atoms. The van der Waals surface area contributed by atoms with Gasteiger partial charge >= 0.3 is 0 Å². The van der Waals surface area contributed by atoms with Crippen molar-refractivity contribution in [1.82, 2.24) is 4.72 Å². The fraction of sp³-hybridized carbons (Fsp3) is 0.250. The Kier molecular flexibility index (Phi) is 4.14. The van der Waals surface area contributed by atoms with Gasteiger partial charge in [0.1, 0.15) is 0 Å². The van der Waals surface area contributed by atoms with Gasteiger partial charge in [-0.25, -0.2) is 13.1 Å². The van der Waals surface area contributed by atoms with E-state index < -0.39 is 20.6 Å². The second kappa shape index (κ2) is 6.10. The highest BCUT2D eigenvalue weighted by atomic mass is 32.2. The fourth-order valence-corrected chi connectivity index (χ4v) is 4.38. The number of nitrogens with zero attached hydrogens (tertiary/aromatic N) is 1. The lowest BCUT2D eigenvalue weighted by Crippen LogP contribution is -2.31. The van der Waals surface area contributed by atoms with E-state index in [2.05, 4.69) is 4.72 Å². The van der Waals surface area contributed by atoms with E-state index in [-0.39, 0.29) is 10.9 Å². The van der Waals surface area contributed by atoms with Gasteiger partial charge in [-0.2, -0.15) is 0 Å². The number of rotatable bonds is 4. The van der Waals surface area contributed by atoms with E-state index in [1.54, 1.807) is 0 Å². The Morgan fingerprint density at radius 3 is 2.57 bits per heavy atom. The first-order valence-electron chi connectivity index (χ1n) is 7.32. The third-order valence-electron chi connectivity index (χ3n) is 4.02. The Morgan fingerprint density at radius 2 is 1.78 bits per heavy atom. The standard InChI is InChI=1S/C16H16N2O4S/c19-18(20)15-10-3-4-11-16(15)23(21,22)17-14-9-5-7-12-6-1-2-8-13(12)14/h1-4,6,8,10-11,14,17H,5,7,9H2. The third-order valence-corrected chi connectivity index (χ3v) is 5.54. The maximum atomic E-state index is 12.6. The summed E-state index contributed by atoms with van der Waals surface area (Å²) in [4.78, 5) is 10.1. The Labute approximate surface area is 134 Å². The quantitative estimate of drug-likeness (QED) is 0.688. The van der Waals surface area contributed by atoms with Crippen LogP contribution in [-0.2, 0) is 16.4 Å². The highest BCUT2D eigenvalue weighted by Gasteiger charge is 2.30. The topological polar surface area (TPSA) is 89.3 Å². The molecular formula is C16H16N2O4S. The van der Waals surface area contributed by atoms with Crippen LogP contribution in [0.2, 0.25) is 0 Å². The molecule has 0 radical (unpaired) electrons. The molecule has 0 amide bonds. The molecule has 7 heteroatoms. The van der Waals surface area contributed by atoms with Gasteiger partial charge in [0.15, 0.2) is 4.90 Å². The van der Waals surface area contributed by atoms with Gasteiger partial charge in [-0.05, 0) is 36.5 Å². The zero-order chi connectivity index (χ0) is 16.4. The molecular weight excluding hydrogens is 316 g/mol. The van der Waals surface area contributed by atoms with Crippen LogP contribution < -0.4 is 4.72 Å². The minimum absolute atomic E-state index is 0.298. The first kappa shape index (κ1) is 15.6. The Morgan fingerprint density at radius 1 is 1.09 bits per heavy atom. The molecule has 1 atom stereocenters. The first-order valence-corrected chi connectivity index (χ1v) is 8.81. The van der Waals surface area contributed by atoms with Gasteiger partial charge in [0, 0.05) is 12.1 Å². The smallest absolute Gasteiger partial charge is 0.258 e. The lowest BCUT2D eigenvalue weighted by atomic mass is 9.88. The number of benzene rings is 2. The van der Waals surface area contributed by atoms with Crippen molar-refractivity contribution < 1.29 is 13.3 Å². The fourth-order valence-electron chi connectivity index (χ4n) is 2.96. The molecule has 3 rings (SSSR count). The number of fused-ring (bicyclic) bond motifs is 1. The summed E-state index contributed by atoms with van der Waals surface area (Å²) in [5.74, 6) is 0. The highest BCUT2D eigenvalue weighted by molar-refractivity contribution is 7.89. The van der Waals surface area contributed by atoms with Crippen LogP contribution in [0.1, 0.15) is 30.0 Å². The highest BCUT2D eigenvalue weighted by Crippen LogP contribution is 2.32. The summed E-state index contributed by atoms with van der Waals surface area (Å²) in [7, 11) is -3.97. The SMILES string of the molecule is O=[N+]([O-])c1ccccc1S(=O)(=O)NC1CCCc2ccccc21. The lowest BCUT2D eigenvalue weighted by molar-refractivity contribution is -0.387. The first-order chi connectivity index (χ1) is 11.0. The largest absolute Gasteiger partial charge is 0.289 e. The van der Waals surface area contributed by atoms with Gasteiger partial charge in [0.05, 0.1) is 4.92 Å². The number of para-hydroxylation sites is 1. The van der Waals surface area contributed by atoms with Crippen LogP contribution in [0, 0.1) is 10.1 Å². The van der Waals surface area contributed by atoms with Crippen molar-refractivity contribution >= 4 is 15.7 Å². The monoisotopic (exact) mass is 332 g/mol. The predicted octanol–water partition coefficient (Wildman–Crippen LogP) is 2.95. The molecule has 23 heavy (non-hydrogen) atoms. The predicted molar refractivity (Wildman–Crippen MR) is 85.5 cm³/mol. The number of nitro benzene ring substituents is 1. The molecule has 0 aromatic heterocycles. The van der Waals surface area contributed by atoms with Gasteiger partial charge in [0.2, 0.25) is 10.0 Å². The molecule has 0 saturated heterocycles. The van der Waals surface area contributed by atoms with E-state index in [1.807, 2.05) is 24.3 Å². The van der Waals surface area contributed by atoms with Crippen LogP contribution in [0.3, 0.4) is 0 Å². The maximum absolute atomic E-state index is 12.6. The average molecular weight is 332 g/mol. The van der Waals surface area contributed by atoms with E-state index >= 15 is 0 Å². The summed E-state index contributed by atoms with van der Waals surface area (Å²) in [6.45, 7) is 0. The van der Waals surface area contributed by atoms with Gasteiger partial charge in [-0.1, -0.05) is 36.4 Å². The van der Waals surface area contributed by atoms with Crippen molar-refractivity contribution in [2.24, 2.45) is 0 Å². The number of nitrogens with one attached hydrogen (secondary N) is 1. The van der Waals surface area contributed by atoms with Crippen molar-refractivity contribution in [3.63, 3.8) is 0 Å². The summed E-state index contributed by atoms with van der Waals surface area (Å²) in [5.41, 5.74) is 1.65. The summed E-state index contributed by atoms with van der Waals surface area (Å²) in [6.07, 6.45) is 2.47. The maximum Gasteiger partial charge on any atom is 0.289 e. The van der Waals surface area contributed by atoms with Crippen LogP contribution in [0.4, 0.5) is 5.69 Å². The Hall–Kier alpha value is -2.25. The summed E-state index contributed by atoms with van der Waals surface area (Å²) in [6, 6.07) is 12.7. The van der Waals surface area contributed by atoms with Crippen molar-refractivity contribution in [1.29, 1.82) is 0 Å². The van der Waals surface area contributed by atoms with Crippen LogP contribution in [0.15, 0.2) is 53.4 Å². The minimum atomic E-state index is -3.97. The molecule has 120 valence electrons. The summed E-state index contributed by atoms with van der Waals surface area (Å²) in [5, 5.41) is 11.1. The zero-order valence-corrected chi connectivity index (χ0v) is 13.1. The van der Waals surface area contributed by atoms with E-state index in [9.17, 15) is 18.5 Å². The second-order valence-corrected chi connectivity index (χ2v) is 7.17. The normalized spacial score (nSPS) is 17.5. The van der Waals surface area contributed by atoms with E-state index in [4.69, 9.17) is 0 Å². The molecule has 2 aromatic rings. The molecule has 6 nitrogen and oxygen atoms in total. The molecule has 1 aliphatic rings. The average Bonchev–Trinajstić information content (AvgIpc) is 2.55. The molecule has 2 aromatic carbocycles. The number of aryl methyl sites for hydroxylation is 1. The van der Waals surface area contributed by atoms with Crippen LogP contribution in [-0.4, -0.2) is 13.3 Å². The number of hydrogen-bond acceptors (Lipinski definition) is 4. The molecule has 0 heterocycles.